The van der Waals surface area contributed by atoms with Crippen LogP contribution in [0.1, 0.15) is 43.2 Å². The third kappa shape index (κ3) is 3.94. The van der Waals surface area contributed by atoms with E-state index in [2.05, 4.69) is 25.3 Å². The first-order valence-corrected chi connectivity index (χ1v) is 12.6. The van der Waals surface area contributed by atoms with E-state index in [0.717, 1.165) is 50.0 Å². The predicted molar refractivity (Wildman–Crippen MR) is 121 cm³/mol. The van der Waals surface area contributed by atoms with Crippen molar-refractivity contribution in [1.29, 1.82) is 0 Å². The van der Waals surface area contributed by atoms with Gasteiger partial charge >= 0.3 is 0 Å². The van der Waals surface area contributed by atoms with Crippen molar-refractivity contribution < 1.29 is 14.2 Å². The maximum absolute atomic E-state index is 12.6. The molecule has 0 aromatic carbocycles. The molecule has 11 heteroatoms. The van der Waals surface area contributed by atoms with Crippen LogP contribution in [0, 0.1) is 0 Å². The summed E-state index contributed by atoms with van der Waals surface area (Å²) in [5.41, 5.74) is 1.36. The van der Waals surface area contributed by atoms with Crippen molar-refractivity contribution >= 4 is 22.9 Å². The molecule has 1 atom stereocenters. The van der Waals surface area contributed by atoms with Gasteiger partial charge in [0.05, 0.1) is 12.1 Å². The quantitative estimate of drug-likeness (QED) is 0.517. The van der Waals surface area contributed by atoms with Gasteiger partial charge in [-0.15, -0.1) is 0 Å². The molecular formula is C22H25N7O3S. The lowest BCUT2D eigenvalue weighted by molar-refractivity contribution is 0.265. The fraction of sp³-hybridized carbons (Fsp3) is 0.500. The van der Waals surface area contributed by atoms with Crippen LogP contribution in [0.4, 0.5) is 11.8 Å². The van der Waals surface area contributed by atoms with E-state index in [4.69, 9.17) is 14.5 Å². The molecule has 1 saturated carbocycles. The summed E-state index contributed by atoms with van der Waals surface area (Å²) in [6.45, 7) is 1.58. The first kappa shape index (κ1) is 20.8. The maximum atomic E-state index is 12.6. The summed E-state index contributed by atoms with van der Waals surface area (Å²) in [5, 5.41) is 17.3. The summed E-state index contributed by atoms with van der Waals surface area (Å²) in [4.78, 5) is 21.1. The van der Waals surface area contributed by atoms with Crippen LogP contribution in [0.3, 0.4) is 0 Å². The van der Waals surface area contributed by atoms with Crippen LogP contribution in [-0.2, 0) is 17.6 Å². The van der Waals surface area contributed by atoms with E-state index in [1.165, 1.54) is 0 Å². The van der Waals surface area contributed by atoms with Crippen molar-refractivity contribution in [2.75, 3.05) is 35.7 Å². The Bertz CT molecular complexity index is 1150. The van der Waals surface area contributed by atoms with Gasteiger partial charge in [-0.25, -0.2) is 4.98 Å². The SMILES string of the molecule is [O-][S+]1CCc2nc(N3CCC(c4nc(-c5cccnc5)no4)CC3)nc(NC3(CO)CC3)c21. The van der Waals surface area contributed by atoms with Gasteiger partial charge in [-0.2, -0.15) is 9.97 Å². The summed E-state index contributed by atoms with van der Waals surface area (Å²) in [6.07, 6.45) is 7.61. The Labute approximate surface area is 194 Å². The van der Waals surface area contributed by atoms with Gasteiger partial charge in [-0.1, -0.05) is 5.16 Å². The van der Waals surface area contributed by atoms with E-state index in [1.54, 1.807) is 12.4 Å². The number of hydrogen-bond acceptors (Lipinski definition) is 10. The molecule has 3 aromatic rings. The van der Waals surface area contributed by atoms with Crippen LogP contribution < -0.4 is 10.2 Å². The molecule has 172 valence electrons. The molecule has 33 heavy (non-hydrogen) atoms. The number of nitrogens with one attached hydrogen (secondary N) is 1. The summed E-state index contributed by atoms with van der Waals surface area (Å²) in [7, 11) is 0. The van der Waals surface area contributed by atoms with Crippen molar-refractivity contribution in [3.8, 4) is 11.4 Å². The van der Waals surface area contributed by atoms with Gasteiger partial charge in [0.25, 0.3) is 0 Å². The average Bonchev–Trinajstić information content (AvgIpc) is 3.27. The third-order valence-corrected chi connectivity index (χ3v) is 8.16. The number of aliphatic hydroxyl groups excluding tert-OH is 1. The molecule has 2 N–H and O–H groups in total. The monoisotopic (exact) mass is 467 g/mol. The van der Waals surface area contributed by atoms with E-state index in [0.29, 0.717) is 40.6 Å². The van der Waals surface area contributed by atoms with E-state index in [9.17, 15) is 9.66 Å². The van der Waals surface area contributed by atoms with Gasteiger partial charge in [0.2, 0.25) is 22.6 Å². The van der Waals surface area contributed by atoms with Gasteiger partial charge in [0.1, 0.15) is 11.4 Å². The topological polar surface area (TPSA) is 136 Å². The number of aryl methyl sites for hydroxylation is 1. The minimum atomic E-state index is -1.10. The van der Waals surface area contributed by atoms with E-state index >= 15 is 0 Å². The first-order valence-electron chi connectivity index (χ1n) is 11.3. The highest BCUT2D eigenvalue weighted by molar-refractivity contribution is 7.91. The number of aliphatic hydroxyl groups is 1. The molecule has 3 aliphatic rings. The zero-order chi connectivity index (χ0) is 22.4. The zero-order valence-corrected chi connectivity index (χ0v) is 18.9. The average molecular weight is 468 g/mol. The van der Waals surface area contributed by atoms with E-state index < -0.39 is 11.2 Å². The van der Waals surface area contributed by atoms with Gasteiger partial charge in [-0.05, 0) is 49.0 Å². The van der Waals surface area contributed by atoms with Crippen LogP contribution in [0.15, 0.2) is 33.9 Å². The predicted octanol–water partition coefficient (Wildman–Crippen LogP) is 1.91. The van der Waals surface area contributed by atoms with Crippen molar-refractivity contribution in [2.24, 2.45) is 0 Å². The number of nitrogens with zero attached hydrogens (tertiary/aromatic N) is 6. The molecule has 1 saturated heterocycles. The van der Waals surface area contributed by atoms with Crippen molar-refractivity contribution in [3.05, 3.63) is 36.1 Å². The number of anilines is 2. The van der Waals surface area contributed by atoms with Gasteiger partial charge in [-0.3, -0.25) is 4.98 Å². The smallest absolute Gasteiger partial charge is 0.230 e. The second-order valence-corrected chi connectivity index (χ2v) is 10.5. The normalized spacial score (nSPS) is 21.8. The minimum Gasteiger partial charge on any atom is -0.611 e. The van der Waals surface area contributed by atoms with Crippen LogP contribution in [0.5, 0.6) is 0 Å². The number of fused-ring (bicyclic) bond motifs is 1. The molecule has 0 radical (unpaired) electrons. The second kappa shape index (κ2) is 8.23. The molecule has 2 fully saturated rings. The number of piperidine rings is 1. The highest BCUT2D eigenvalue weighted by Gasteiger charge is 2.45. The lowest BCUT2D eigenvalue weighted by Gasteiger charge is -2.31. The Balaban J connectivity index is 1.18. The van der Waals surface area contributed by atoms with Crippen LogP contribution >= 0.6 is 0 Å². The molecule has 0 amide bonds. The molecular weight excluding hydrogens is 442 g/mol. The van der Waals surface area contributed by atoms with Gasteiger partial charge < -0.3 is 24.4 Å². The highest BCUT2D eigenvalue weighted by atomic mass is 32.2. The van der Waals surface area contributed by atoms with Crippen molar-refractivity contribution in [1.82, 2.24) is 25.1 Å². The van der Waals surface area contributed by atoms with Crippen LogP contribution in [0.25, 0.3) is 11.4 Å². The number of rotatable bonds is 6. The largest absolute Gasteiger partial charge is 0.611 e. The molecule has 6 rings (SSSR count). The summed E-state index contributed by atoms with van der Waals surface area (Å²) in [5.74, 6) is 3.25. The Morgan fingerprint density at radius 3 is 2.82 bits per heavy atom. The Hall–Kier alpha value is -2.76. The fourth-order valence-electron chi connectivity index (χ4n) is 4.47. The molecule has 5 heterocycles. The standard InChI is InChI=1S/C22H25N7O3S/c30-13-22(6-7-22)27-19-17-16(5-11-33(17)31)24-21(26-19)29-9-3-14(4-10-29)20-25-18(28-32-20)15-2-1-8-23-12-15/h1-2,8,12,14,30H,3-7,9-11,13H2,(H,24,26,27). The highest BCUT2D eigenvalue weighted by Crippen LogP contribution is 2.42. The first-order chi connectivity index (χ1) is 16.1. The summed E-state index contributed by atoms with van der Waals surface area (Å²) >= 11 is -1.10. The maximum Gasteiger partial charge on any atom is 0.230 e. The lowest BCUT2D eigenvalue weighted by Crippen LogP contribution is -2.35. The number of aromatic nitrogens is 5. The van der Waals surface area contributed by atoms with E-state index in [1.807, 2.05) is 12.1 Å². The number of pyridine rings is 1. The molecule has 0 spiro atoms. The van der Waals surface area contributed by atoms with Crippen LogP contribution in [-0.4, -0.2) is 65.7 Å². The Kier molecular flexibility index (Phi) is 5.19. The van der Waals surface area contributed by atoms with Crippen molar-refractivity contribution in [3.63, 3.8) is 0 Å². The minimum absolute atomic E-state index is 0.0460. The fourth-order valence-corrected chi connectivity index (χ4v) is 5.78. The summed E-state index contributed by atoms with van der Waals surface area (Å²) < 4.78 is 18.1. The third-order valence-electron chi connectivity index (χ3n) is 6.70. The molecule has 10 nitrogen and oxygen atoms in total. The molecule has 1 unspecified atom stereocenters. The zero-order valence-electron chi connectivity index (χ0n) is 18.1. The number of hydrogen-bond donors (Lipinski definition) is 2. The van der Waals surface area contributed by atoms with E-state index in [-0.39, 0.29) is 18.1 Å². The molecule has 3 aromatic heterocycles. The molecule has 1 aliphatic carbocycles. The van der Waals surface area contributed by atoms with Gasteiger partial charge in [0, 0.05) is 43.4 Å². The second-order valence-electron chi connectivity index (χ2n) is 8.97. The van der Waals surface area contributed by atoms with Crippen molar-refractivity contribution in [2.45, 2.75) is 48.5 Å². The lowest BCUT2D eigenvalue weighted by atomic mass is 9.97. The summed E-state index contributed by atoms with van der Waals surface area (Å²) in [6, 6.07) is 3.77. The molecule has 0 bridgehead atoms. The van der Waals surface area contributed by atoms with Crippen LogP contribution in [0.2, 0.25) is 0 Å². The van der Waals surface area contributed by atoms with Gasteiger partial charge in [0.15, 0.2) is 5.82 Å². The molecule has 2 aliphatic heterocycles. The Morgan fingerprint density at radius 2 is 2.09 bits per heavy atom. The Morgan fingerprint density at radius 1 is 1.24 bits per heavy atom.